The average molecular weight is 1080 g/mol. The fourth-order valence-corrected chi connectivity index (χ4v) is 8.85. The molecule has 1 aliphatic heterocycles. The van der Waals surface area contributed by atoms with Gasteiger partial charge in [-0.1, -0.05) is 79.3 Å². The Labute approximate surface area is 415 Å². The molecule has 6 aromatic rings. The van der Waals surface area contributed by atoms with Crippen LogP contribution in [0, 0.1) is 0 Å². The number of carbonyl (C=O) groups excluding carboxylic acids is 1. The molecule has 0 saturated carbocycles. The van der Waals surface area contributed by atoms with Gasteiger partial charge >= 0.3 is 5.97 Å². The predicted molar refractivity (Wildman–Crippen MR) is 265 cm³/mol. The van der Waals surface area contributed by atoms with Gasteiger partial charge < -0.3 is 53.6 Å². The monoisotopic (exact) mass is 1080 g/mol. The van der Waals surface area contributed by atoms with Gasteiger partial charge in [0.25, 0.3) is 5.91 Å². The molecule has 352 valence electrons. The van der Waals surface area contributed by atoms with E-state index in [0.29, 0.717) is 73.1 Å². The van der Waals surface area contributed by atoms with E-state index in [1.54, 1.807) is 89.1 Å². The standard InChI is InChI=1S/C27H25BrClNO7.C23H23BrClNO4/c1-34-17-9-7-15(22(12-17)36-3)14-30-20-10-8-16(28)11-19(20)26(37-23(27(30)33)13-24(31)32)18-5-4-6-21(35-2)25(18)29;1-28-16-9-7-14(21(12-16)30-3)13-26-19-10-8-15(24)11-18(19)23(27)17-5-4-6-20(29-2)22(17)25/h4-12,23,26H,13-14H2,1-3H3,(H,31,32);4-12,23,26-27H,13H2,1-3H3/t23-,26-;/m0./s1. The lowest BCUT2D eigenvalue weighted by molar-refractivity contribution is -0.147. The van der Waals surface area contributed by atoms with Crippen molar-refractivity contribution in [2.75, 3.05) is 52.9 Å². The van der Waals surface area contributed by atoms with Gasteiger partial charge in [0, 0.05) is 66.7 Å². The summed E-state index contributed by atoms with van der Waals surface area (Å²) in [7, 11) is 9.38. The summed E-state index contributed by atoms with van der Waals surface area (Å²) in [6, 6.07) is 32.7. The van der Waals surface area contributed by atoms with Gasteiger partial charge in [0.05, 0.1) is 71.4 Å². The minimum Gasteiger partial charge on any atom is -0.497 e. The number of hydrogen-bond donors (Lipinski definition) is 3. The Hall–Kier alpha value is -5.68. The number of aliphatic hydroxyl groups is 1. The van der Waals surface area contributed by atoms with Gasteiger partial charge in [0.2, 0.25) is 0 Å². The summed E-state index contributed by atoms with van der Waals surface area (Å²) in [4.78, 5) is 27.1. The largest absolute Gasteiger partial charge is 0.497 e. The summed E-state index contributed by atoms with van der Waals surface area (Å²) in [6.45, 7) is 0.610. The zero-order valence-corrected chi connectivity index (χ0v) is 42.0. The number of hydrogen-bond acceptors (Lipinski definition) is 11. The summed E-state index contributed by atoms with van der Waals surface area (Å²) in [6.07, 6.45) is -3.58. The Kier molecular flexibility index (Phi) is 17.7. The molecule has 3 atom stereocenters. The molecule has 1 aliphatic rings. The quantitative estimate of drug-likeness (QED) is 0.0845. The van der Waals surface area contributed by atoms with Crippen molar-refractivity contribution in [1.82, 2.24) is 0 Å². The van der Waals surface area contributed by atoms with E-state index in [9.17, 15) is 19.8 Å². The fraction of sp³-hybridized carbons (Fsp3) is 0.240. The maximum Gasteiger partial charge on any atom is 0.306 e. The number of ether oxygens (including phenoxy) is 7. The number of nitrogens with zero attached hydrogens (tertiary/aromatic N) is 1. The van der Waals surface area contributed by atoms with Crippen LogP contribution in [-0.4, -0.2) is 70.9 Å². The van der Waals surface area contributed by atoms with Crippen LogP contribution >= 0.6 is 55.1 Å². The van der Waals surface area contributed by atoms with Crippen LogP contribution < -0.4 is 38.6 Å². The van der Waals surface area contributed by atoms with Crippen LogP contribution in [0.1, 0.15) is 52.0 Å². The van der Waals surface area contributed by atoms with Crippen molar-refractivity contribution >= 4 is 78.3 Å². The lowest BCUT2D eigenvalue weighted by atomic mass is 9.98. The maximum atomic E-state index is 13.8. The minimum absolute atomic E-state index is 0.110. The van der Waals surface area contributed by atoms with Crippen LogP contribution in [0.4, 0.5) is 11.4 Å². The van der Waals surface area contributed by atoms with E-state index in [4.69, 9.17) is 56.4 Å². The molecule has 0 aromatic heterocycles. The van der Waals surface area contributed by atoms with Gasteiger partial charge in [-0.15, -0.1) is 0 Å². The van der Waals surface area contributed by atoms with E-state index in [1.165, 1.54) is 19.1 Å². The van der Waals surface area contributed by atoms with E-state index in [-0.39, 0.29) is 6.54 Å². The van der Waals surface area contributed by atoms with Crippen LogP contribution in [0.5, 0.6) is 34.5 Å². The molecular weight excluding hydrogens is 1040 g/mol. The third kappa shape index (κ3) is 11.9. The first-order chi connectivity index (χ1) is 32.2. The zero-order chi connectivity index (χ0) is 48.4. The van der Waals surface area contributed by atoms with Crippen molar-refractivity contribution in [1.29, 1.82) is 0 Å². The lowest BCUT2D eigenvalue weighted by Crippen LogP contribution is -2.40. The Bertz CT molecular complexity index is 2720. The van der Waals surface area contributed by atoms with Crippen molar-refractivity contribution in [3.63, 3.8) is 0 Å². The third-order valence-corrected chi connectivity index (χ3v) is 12.7. The number of halogens is 4. The van der Waals surface area contributed by atoms with E-state index >= 15 is 0 Å². The normalized spacial score (nSPS) is 14.7. The Morgan fingerprint density at radius 3 is 1.90 bits per heavy atom. The number of anilines is 2. The van der Waals surface area contributed by atoms with Crippen molar-refractivity contribution in [3.8, 4) is 34.5 Å². The van der Waals surface area contributed by atoms with E-state index in [1.807, 2.05) is 48.5 Å². The van der Waals surface area contributed by atoms with Gasteiger partial charge in [0.1, 0.15) is 52.8 Å². The molecule has 1 unspecified atom stereocenters. The number of rotatable bonds is 16. The highest BCUT2D eigenvalue weighted by atomic mass is 79.9. The van der Waals surface area contributed by atoms with Crippen LogP contribution in [-0.2, 0) is 27.4 Å². The first kappa shape index (κ1) is 50.7. The molecule has 0 spiro atoms. The number of carboxylic acid groups (broad SMARTS) is 1. The van der Waals surface area contributed by atoms with Crippen LogP contribution in [0.3, 0.4) is 0 Å². The number of methoxy groups -OCH3 is 6. The molecule has 7 rings (SSSR count). The first-order valence-corrected chi connectivity index (χ1v) is 22.9. The molecule has 67 heavy (non-hydrogen) atoms. The third-order valence-electron chi connectivity index (χ3n) is 10.9. The molecule has 17 heteroatoms. The second-order valence-electron chi connectivity index (χ2n) is 14.8. The molecular formula is C50H48Br2Cl2N2O11. The van der Waals surface area contributed by atoms with E-state index < -0.39 is 36.6 Å². The molecule has 13 nitrogen and oxygen atoms in total. The van der Waals surface area contributed by atoms with Gasteiger partial charge in [-0.3, -0.25) is 9.59 Å². The van der Waals surface area contributed by atoms with Crippen molar-refractivity contribution in [3.05, 3.63) is 162 Å². The highest BCUT2D eigenvalue weighted by Crippen LogP contribution is 2.45. The summed E-state index contributed by atoms with van der Waals surface area (Å²) in [5.74, 6) is 1.86. The molecule has 1 amide bonds. The number of aliphatic hydroxyl groups excluding tert-OH is 1. The first-order valence-electron chi connectivity index (χ1n) is 20.5. The second kappa shape index (κ2) is 23.4. The number of nitrogens with one attached hydrogen (secondary N) is 1. The van der Waals surface area contributed by atoms with E-state index in [2.05, 4.69) is 37.2 Å². The van der Waals surface area contributed by atoms with Crippen molar-refractivity contribution < 1.29 is 53.0 Å². The highest BCUT2D eigenvalue weighted by Gasteiger charge is 2.39. The fourth-order valence-electron chi connectivity index (χ4n) is 7.48. The summed E-state index contributed by atoms with van der Waals surface area (Å²) < 4.78 is 40.1. The van der Waals surface area contributed by atoms with Crippen molar-refractivity contribution in [2.24, 2.45) is 0 Å². The molecule has 0 aliphatic carbocycles. The topological polar surface area (TPSA) is 154 Å². The van der Waals surface area contributed by atoms with Gasteiger partial charge in [-0.25, -0.2) is 0 Å². The van der Waals surface area contributed by atoms with Gasteiger partial charge in [-0.05, 0) is 72.8 Å². The lowest BCUT2D eigenvalue weighted by Gasteiger charge is -2.26. The molecule has 0 fully saturated rings. The number of amides is 1. The zero-order valence-electron chi connectivity index (χ0n) is 37.3. The molecule has 0 radical (unpaired) electrons. The number of carbonyl (C=O) groups is 2. The van der Waals surface area contributed by atoms with Gasteiger partial charge in [-0.2, -0.15) is 0 Å². The Morgan fingerprint density at radius 2 is 1.27 bits per heavy atom. The maximum absolute atomic E-state index is 13.8. The van der Waals surface area contributed by atoms with Crippen LogP contribution in [0.25, 0.3) is 0 Å². The van der Waals surface area contributed by atoms with Gasteiger partial charge in [0.15, 0.2) is 0 Å². The molecule has 3 N–H and O–H groups in total. The SMILES string of the molecule is COc1ccc(CN2C(=O)[C@H](CC(=O)O)O[C@@H](c3cccc(OC)c3Cl)c3cc(Br)ccc32)c(OC)c1.COc1ccc(CNc2ccc(Br)cc2C(O)c2cccc(OC)c2Cl)c(OC)c1. The van der Waals surface area contributed by atoms with Crippen LogP contribution in [0.2, 0.25) is 10.0 Å². The minimum atomic E-state index is -1.28. The predicted octanol–water partition coefficient (Wildman–Crippen LogP) is 11.4. The average Bonchev–Trinajstić information content (AvgIpc) is 3.43. The summed E-state index contributed by atoms with van der Waals surface area (Å²) in [5, 5.41) is 24.8. The number of benzene rings is 6. The number of carboxylic acids is 1. The Morgan fingerprint density at radius 1 is 0.687 bits per heavy atom. The van der Waals surface area contributed by atoms with Crippen molar-refractivity contribution in [2.45, 2.75) is 37.8 Å². The molecule has 1 heterocycles. The summed E-state index contributed by atoms with van der Waals surface area (Å²) in [5.41, 5.74) is 5.45. The summed E-state index contributed by atoms with van der Waals surface area (Å²) >= 11 is 20.1. The molecule has 6 aromatic carbocycles. The number of fused-ring (bicyclic) bond motifs is 1. The highest BCUT2D eigenvalue weighted by molar-refractivity contribution is 9.10. The second-order valence-corrected chi connectivity index (χ2v) is 17.4. The van der Waals surface area contributed by atoms with E-state index in [0.717, 1.165) is 31.7 Å². The number of aliphatic carboxylic acids is 1. The Balaban J connectivity index is 0.000000226. The molecule has 0 saturated heterocycles. The smallest absolute Gasteiger partial charge is 0.306 e. The molecule has 0 bridgehead atoms. The van der Waals surface area contributed by atoms with Crippen LogP contribution in [0.15, 0.2) is 118 Å².